The molecule has 0 unspecified atom stereocenters. The quantitative estimate of drug-likeness (QED) is 0.160. The molecule has 43 heavy (non-hydrogen) atoms. The zero-order valence-electron chi connectivity index (χ0n) is 23.6. The molecule has 0 aliphatic rings. The van der Waals surface area contributed by atoms with E-state index in [1.54, 1.807) is 0 Å². The standard InChI is InChI=1S/2C18H16As.2CHO.Ni/c2*1-4-10-16(11-5-1)19(17-12-6-2-7-13-17)18-14-8-3-9-15-18;2*1-2;/h2*1-15,19H;2*1H;/q2*+1;;;-2. The SMILES string of the molecule is O=[CH][Ni]([CH]=O)([AsH](c1ccccc1)(c1ccccc1)c1ccccc1)[AsH](c1ccccc1)(c1ccccc1)c1ccccc1. The monoisotopic (exact) mass is 730 g/mol. The van der Waals surface area contributed by atoms with Gasteiger partial charge in [0.25, 0.3) is 0 Å². The predicted octanol–water partition coefficient (Wildman–Crippen LogP) is 3.32. The Balaban J connectivity index is 1.94. The van der Waals surface area contributed by atoms with Crippen molar-refractivity contribution in [3.05, 3.63) is 182 Å². The molecule has 0 N–H and O–H groups in total. The summed E-state index contributed by atoms with van der Waals surface area (Å²) in [5.74, 6) is 0. The van der Waals surface area contributed by atoms with E-state index in [-0.39, 0.29) is 0 Å². The van der Waals surface area contributed by atoms with Gasteiger partial charge in [0.15, 0.2) is 0 Å². The van der Waals surface area contributed by atoms with Gasteiger partial charge in [-0.05, 0) is 0 Å². The van der Waals surface area contributed by atoms with Crippen molar-refractivity contribution in [2.24, 2.45) is 0 Å². The van der Waals surface area contributed by atoms with Gasteiger partial charge >= 0.3 is 260 Å². The molecule has 0 spiro atoms. The average molecular weight is 731 g/mol. The van der Waals surface area contributed by atoms with Gasteiger partial charge in [-0.1, -0.05) is 0 Å². The van der Waals surface area contributed by atoms with Gasteiger partial charge in [-0.2, -0.15) is 0 Å². The molecule has 0 saturated carbocycles. The number of benzene rings is 6. The van der Waals surface area contributed by atoms with E-state index in [0.717, 1.165) is 26.1 Å². The summed E-state index contributed by atoms with van der Waals surface area (Å²) in [7, 11) is -2.96. The first-order valence-corrected chi connectivity index (χ1v) is 28.0. The van der Waals surface area contributed by atoms with Crippen LogP contribution in [0.15, 0.2) is 182 Å². The zero-order valence-corrected chi connectivity index (χ0v) is 28.8. The molecule has 5 heteroatoms. The van der Waals surface area contributed by atoms with E-state index in [2.05, 4.69) is 146 Å². The van der Waals surface area contributed by atoms with E-state index in [9.17, 15) is 9.59 Å². The van der Waals surface area contributed by atoms with Crippen molar-refractivity contribution >= 4 is 60.2 Å². The molecule has 0 fully saturated rings. The third-order valence-corrected chi connectivity index (χ3v) is 71.3. The molecule has 0 heterocycles. The van der Waals surface area contributed by atoms with Crippen LogP contribution in [0.1, 0.15) is 0 Å². The summed E-state index contributed by atoms with van der Waals surface area (Å²) in [6, 6.07) is 62.9. The number of carbonyl (C=O) groups is 2. The molecule has 6 aromatic carbocycles. The van der Waals surface area contributed by atoms with Gasteiger partial charge in [0.05, 0.1) is 0 Å². The summed E-state index contributed by atoms with van der Waals surface area (Å²) < 4.78 is 6.73. The first-order valence-electron chi connectivity index (χ1n) is 14.1. The van der Waals surface area contributed by atoms with Crippen LogP contribution < -0.4 is 26.1 Å². The maximum absolute atomic E-state index is 14.7. The molecular weight excluding hydrogens is 697 g/mol. The van der Waals surface area contributed by atoms with Crippen molar-refractivity contribution in [1.29, 1.82) is 0 Å². The minimum absolute atomic E-state index is 1.12. The van der Waals surface area contributed by atoms with Crippen LogP contribution >= 0.6 is 0 Å². The van der Waals surface area contributed by atoms with Crippen LogP contribution in [-0.4, -0.2) is 34.1 Å². The van der Waals surface area contributed by atoms with Crippen LogP contribution in [0.3, 0.4) is 0 Å². The molecule has 0 aromatic heterocycles. The average Bonchev–Trinajstić information content (AvgIpc) is 3.11. The summed E-state index contributed by atoms with van der Waals surface area (Å²) in [4.78, 5) is 29.4. The normalized spacial score (nSPS) is 13.0. The molecule has 0 bridgehead atoms. The van der Waals surface area contributed by atoms with E-state index in [1.165, 1.54) is 10.5 Å². The Labute approximate surface area is 258 Å². The number of hydrogen-bond acceptors (Lipinski definition) is 2. The zero-order chi connectivity index (χ0) is 29.6. The second-order valence-electron chi connectivity index (χ2n) is 10.1. The van der Waals surface area contributed by atoms with Crippen molar-refractivity contribution in [2.45, 2.75) is 0 Å². The van der Waals surface area contributed by atoms with Gasteiger partial charge in [0, 0.05) is 0 Å². The van der Waals surface area contributed by atoms with Gasteiger partial charge in [-0.3, -0.25) is 0 Å². The fourth-order valence-electron chi connectivity index (χ4n) is 6.27. The molecule has 0 radical (unpaired) electrons. The fourth-order valence-corrected chi connectivity index (χ4v) is 90.9. The van der Waals surface area contributed by atoms with E-state index in [4.69, 9.17) is 0 Å². The van der Waals surface area contributed by atoms with Crippen molar-refractivity contribution in [3.8, 4) is 0 Å². The summed E-state index contributed by atoms with van der Waals surface area (Å²) >= 11 is -8.56. The molecule has 218 valence electrons. The Kier molecular flexibility index (Phi) is 8.78. The van der Waals surface area contributed by atoms with Gasteiger partial charge in [-0.25, -0.2) is 0 Å². The Morgan fingerprint density at radius 2 is 0.465 bits per heavy atom. The van der Waals surface area contributed by atoms with Crippen molar-refractivity contribution in [2.75, 3.05) is 0 Å². The van der Waals surface area contributed by atoms with E-state index >= 15 is 0 Å². The van der Waals surface area contributed by atoms with Gasteiger partial charge in [0.2, 0.25) is 0 Å². The Hall–Kier alpha value is -3.73. The molecule has 0 saturated heterocycles. The predicted molar refractivity (Wildman–Crippen MR) is 184 cm³/mol. The molecule has 2 nitrogen and oxygen atoms in total. The van der Waals surface area contributed by atoms with Gasteiger partial charge in [-0.15, -0.1) is 0 Å². The summed E-state index contributed by atoms with van der Waals surface area (Å²) in [5, 5.41) is 2.35. The van der Waals surface area contributed by atoms with Gasteiger partial charge < -0.3 is 0 Å². The third kappa shape index (κ3) is 4.63. The molecule has 0 aliphatic carbocycles. The summed E-state index contributed by atoms with van der Waals surface area (Å²) in [6.07, 6.45) is 0. The number of rotatable bonds is 10. The van der Waals surface area contributed by atoms with Crippen molar-refractivity contribution < 1.29 is 18.1 Å². The Bertz CT molecular complexity index is 1450. The Morgan fingerprint density at radius 3 is 0.605 bits per heavy atom. The molecule has 0 aliphatic heterocycles. The van der Waals surface area contributed by atoms with Crippen LogP contribution in [0, 0.1) is 0 Å². The number of hydrogen-bond donors (Lipinski definition) is 0. The van der Waals surface area contributed by atoms with E-state index in [1.807, 2.05) is 36.4 Å². The molecule has 0 amide bonds. The first-order chi connectivity index (χ1) is 21.3. The molecular formula is C38H34As2NiO2. The minimum atomic E-state index is -4.28. The van der Waals surface area contributed by atoms with E-state index < -0.39 is 32.0 Å². The van der Waals surface area contributed by atoms with Crippen LogP contribution in [0.4, 0.5) is 0 Å². The summed E-state index contributed by atoms with van der Waals surface area (Å²) in [5.41, 5.74) is 0. The van der Waals surface area contributed by atoms with Crippen LogP contribution in [0.25, 0.3) is 0 Å². The van der Waals surface area contributed by atoms with Crippen LogP contribution in [0.2, 0.25) is 0 Å². The van der Waals surface area contributed by atoms with Crippen LogP contribution in [-0.2, 0) is 18.1 Å². The van der Waals surface area contributed by atoms with E-state index in [0.29, 0.717) is 0 Å². The molecule has 6 aromatic rings. The second-order valence-corrected chi connectivity index (χ2v) is 47.2. The Morgan fingerprint density at radius 1 is 0.302 bits per heavy atom. The molecule has 6 rings (SSSR count). The summed E-state index contributed by atoms with van der Waals surface area (Å²) in [6.45, 7) is 0. The topological polar surface area (TPSA) is 34.1 Å². The maximum atomic E-state index is 14.7. The molecule has 0 atom stereocenters. The third-order valence-electron chi connectivity index (χ3n) is 7.94. The fraction of sp³-hybridized carbons (Fsp3) is 0. The van der Waals surface area contributed by atoms with Gasteiger partial charge in [0.1, 0.15) is 0 Å². The number of carbonyl (C=O) groups excluding carboxylic acids is 2. The first kappa shape index (κ1) is 29.3. The second kappa shape index (κ2) is 12.9. The van der Waals surface area contributed by atoms with Crippen molar-refractivity contribution in [3.63, 3.8) is 0 Å². The van der Waals surface area contributed by atoms with Crippen LogP contribution in [0.5, 0.6) is 0 Å². The van der Waals surface area contributed by atoms with Crippen molar-refractivity contribution in [1.82, 2.24) is 0 Å².